The number of phenols is 1. The highest BCUT2D eigenvalue weighted by atomic mass is 19.1. The second-order valence-corrected chi connectivity index (χ2v) is 10.3. The van der Waals surface area contributed by atoms with E-state index in [1.807, 2.05) is 11.9 Å². The maximum absolute atomic E-state index is 15.6. The molecule has 2 aliphatic rings. The first-order valence-electron chi connectivity index (χ1n) is 13.7. The van der Waals surface area contributed by atoms with Gasteiger partial charge in [-0.15, -0.1) is 0 Å². The van der Waals surface area contributed by atoms with Gasteiger partial charge in [-0.3, -0.25) is 15.2 Å². The molecule has 1 aliphatic heterocycles. The standard InChI is InChI=1S/C30H31F2N5O6/c1-37-12-11-35-28(37)20-14-19(41-18-6-3-16(4-7-18)30(39)40-2)8-10-23(20)42-26-21(31)15-36-29(25(26)32)43-24-13-17(27(33)34)5-9-22(24)38/h5,8-10,13-16,18,38H,3-4,6-7,11-12H2,1-2H3,(H3,33,34). The van der Waals surface area contributed by atoms with Crippen molar-refractivity contribution < 1.29 is 37.6 Å². The number of nitrogens with one attached hydrogen (secondary N) is 1. The molecule has 1 aliphatic carbocycles. The van der Waals surface area contributed by atoms with E-state index >= 15 is 4.39 Å². The van der Waals surface area contributed by atoms with Crippen LogP contribution in [0.1, 0.15) is 36.8 Å². The average Bonchev–Trinajstić information content (AvgIpc) is 3.43. The number of carbonyl (C=O) groups excluding carboxylic acids is 1. The van der Waals surface area contributed by atoms with Crippen molar-refractivity contribution in [2.75, 3.05) is 27.2 Å². The Morgan fingerprint density at radius 1 is 1.09 bits per heavy atom. The second-order valence-electron chi connectivity index (χ2n) is 10.3. The molecule has 5 rings (SSSR count). The number of carbonyl (C=O) groups is 1. The Balaban J connectivity index is 1.41. The summed E-state index contributed by atoms with van der Waals surface area (Å²) in [6.45, 7) is 1.18. The summed E-state index contributed by atoms with van der Waals surface area (Å²) in [5, 5.41) is 17.7. The van der Waals surface area contributed by atoms with Crippen molar-refractivity contribution in [2.45, 2.75) is 31.8 Å². The third-order valence-electron chi connectivity index (χ3n) is 7.35. The van der Waals surface area contributed by atoms with Gasteiger partial charge in [0.15, 0.2) is 17.3 Å². The number of halogens is 2. The van der Waals surface area contributed by atoms with Gasteiger partial charge in [-0.05, 0) is 62.1 Å². The lowest BCUT2D eigenvalue weighted by molar-refractivity contribution is -0.147. The van der Waals surface area contributed by atoms with Gasteiger partial charge in [-0.2, -0.15) is 4.39 Å². The quantitative estimate of drug-likeness (QED) is 0.181. The number of aliphatic imine (C=N–C) groups is 1. The normalized spacial score (nSPS) is 18.1. The zero-order valence-electron chi connectivity index (χ0n) is 23.6. The first-order chi connectivity index (χ1) is 20.6. The van der Waals surface area contributed by atoms with E-state index in [0.29, 0.717) is 55.9 Å². The van der Waals surface area contributed by atoms with Crippen LogP contribution in [0.3, 0.4) is 0 Å². The number of nitrogen functional groups attached to an aromatic ring is 1. The Morgan fingerprint density at radius 2 is 1.86 bits per heavy atom. The van der Waals surface area contributed by atoms with Crippen molar-refractivity contribution in [1.29, 1.82) is 5.41 Å². The minimum atomic E-state index is -1.25. The van der Waals surface area contributed by atoms with E-state index in [4.69, 9.17) is 30.1 Å². The number of likely N-dealkylation sites (N-methyl/N-ethyl adjacent to an activating group) is 1. The summed E-state index contributed by atoms with van der Waals surface area (Å²) >= 11 is 0. The summed E-state index contributed by atoms with van der Waals surface area (Å²) in [6, 6.07) is 8.74. The van der Waals surface area contributed by atoms with E-state index in [0.717, 1.165) is 6.20 Å². The molecule has 0 radical (unpaired) electrons. The number of phenolic OH excluding ortho intramolecular Hbond substituents is 1. The van der Waals surface area contributed by atoms with E-state index in [-0.39, 0.29) is 46.6 Å². The fourth-order valence-electron chi connectivity index (χ4n) is 5.02. The van der Waals surface area contributed by atoms with Crippen LogP contribution in [0.5, 0.6) is 34.6 Å². The van der Waals surface area contributed by atoms with E-state index in [9.17, 15) is 14.3 Å². The third kappa shape index (κ3) is 6.45. The first kappa shape index (κ1) is 29.5. The highest BCUT2D eigenvalue weighted by molar-refractivity contribution is 6.02. The maximum Gasteiger partial charge on any atom is 0.308 e. The topological polar surface area (TPSA) is 153 Å². The molecule has 11 nitrogen and oxygen atoms in total. The Hall–Kier alpha value is -4.94. The molecule has 2 aromatic carbocycles. The molecule has 43 heavy (non-hydrogen) atoms. The van der Waals surface area contributed by atoms with Crippen LogP contribution in [0.15, 0.2) is 47.6 Å². The maximum atomic E-state index is 15.6. The lowest BCUT2D eigenvalue weighted by atomic mass is 9.87. The Labute approximate surface area is 246 Å². The Morgan fingerprint density at radius 3 is 2.53 bits per heavy atom. The van der Waals surface area contributed by atoms with Crippen molar-refractivity contribution in [2.24, 2.45) is 16.6 Å². The molecule has 13 heteroatoms. The number of esters is 1. The first-order valence-corrected chi connectivity index (χ1v) is 13.7. The number of hydrogen-bond acceptors (Lipinski definition) is 10. The summed E-state index contributed by atoms with van der Waals surface area (Å²) in [7, 11) is 3.23. The molecule has 226 valence electrons. The molecule has 1 saturated carbocycles. The van der Waals surface area contributed by atoms with Crippen LogP contribution in [0, 0.1) is 23.0 Å². The van der Waals surface area contributed by atoms with Crippen LogP contribution >= 0.6 is 0 Å². The molecule has 0 amide bonds. The fourth-order valence-corrected chi connectivity index (χ4v) is 5.02. The monoisotopic (exact) mass is 595 g/mol. The smallest absolute Gasteiger partial charge is 0.308 e. The van der Waals surface area contributed by atoms with Gasteiger partial charge in [-0.1, -0.05) is 0 Å². The van der Waals surface area contributed by atoms with Crippen molar-refractivity contribution in [1.82, 2.24) is 9.88 Å². The van der Waals surface area contributed by atoms with Gasteiger partial charge in [0, 0.05) is 19.2 Å². The van der Waals surface area contributed by atoms with E-state index in [2.05, 4.69) is 9.98 Å². The molecule has 2 heterocycles. The van der Waals surface area contributed by atoms with Gasteiger partial charge in [-0.25, -0.2) is 9.37 Å². The van der Waals surface area contributed by atoms with Crippen molar-refractivity contribution in [3.8, 4) is 34.6 Å². The molecular weight excluding hydrogens is 564 g/mol. The largest absolute Gasteiger partial charge is 0.504 e. The third-order valence-corrected chi connectivity index (χ3v) is 7.35. The molecule has 1 fully saturated rings. The van der Waals surface area contributed by atoms with E-state index in [1.165, 1.54) is 25.3 Å². The molecule has 0 saturated heterocycles. The summed E-state index contributed by atoms with van der Waals surface area (Å²) in [6.07, 6.45) is 3.28. The zero-order valence-corrected chi connectivity index (χ0v) is 23.6. The van der Waals surface area contributed by atoms with Gasteiger partial charge < -0.3 is 34.7 Å². The van der Waals surface area contributed by atoms with Crippen LogP contribution in [-0.4, -0.2) is 66.0 Å². The Bertz CT molecular complexity index is 1570. The number of benzene rings is 2. The second kappa shape index (κ2) is 12.5. The molecule has 4 N–H and O–H groups in total. The number of hydrogen-bond donors (Lipinski definition) is 3. The number of nitrogens with zero attached hydrogens (tertiary/aromatic N) is 3. The minimum Gasteiger partial charge on any atom is -0.504 e. The number of aromatic hydroxyl groups is 1. The Kier molecular flexibility index (Phi) is 8.60. The molecule has 1 aromatic heterocycles. The number of nitrogens with two attached hydrogens (primary N) is 1. The highest BCUT2D eigenvalue weighted by Crippen LogP contribution is 2.39. The van der Waals surface area contributed by atoms with Gasteiger partial charge in [0.05, 0.1) is 37.4 Å². The molecule has 3 aromatic rings. The SMILES string of the molecule is COC(=O)C1CCC(Oc2ccc(Oc3c(F)cnc(Oc4cc(C(=N)N)ccc4O)c3F)c(C3=NCCN3C)c2)CC1. The lowest BCUT2D eigenvalue weighted by Gasteiger charge is -2.28. The number of pyridine rings is 1. The van der Waals surface area contributed by atoms with Crippen LogP contribution < -0.4 is 19.9 Å². The number of ether oxygens (including phenoxy) is 4. The van der Waals surface area contributed by atoms with Crippen LogP contribution in [0.2, 0.25) is 0 Å². The molecule has 0 spiro atoms. The van der Waals surface area contributed by atoms with Gasteiger partial charge >= 0.3 is 5.97 Å². The molecule has 0 unspecified atom stereocenters. The summed E-state index contributed by atoms with van der Waals surface area (Å²) in [5.41, 5.74) is 6.18. The number of rotatable bonds is 9. The van der Waals surface area contributed by atoms with Gasteiger partial charge in [0.25, 0.3) is 5.88 Å². The average molecular weight is 596 g/mol. The van der Waals surface area contributed by atoms with Crippen LogP contribution in [0.25, 0.3) is 0 Å². The van der Waals surface area contributed by atoms with Gasteiger partial charge in [0.2, 0.25) is 11.6 Å². The lowest BCUT2D eigenvalue weighted by Crippen LogP contribution is -2.28. The number of methoxy groups -OCH3 is 1. The predicted molar refractivity (Wildman–Crippen MR) is 152 cm³/mol. The van der Waals surface area contributed by atoms with Crippen molar-refractivity contribution >= 4 is 17.6 Å². The van der Waals surface area contributed by atoms with Crippen molar-refractivity contribution in [3.63, 3.8) is 0 Å². The summed E-state index contributed by atoms with van der Waals surface area (Å²) in [5.74, 6) is -3.81. The number of aromatic nitrogens is 1. The van der Waals surface area contributed by atoms with E-state index < -0.39 is 23.3 Å². The highest BCUT2D eigenvalue weighted by Gasteiger charge is 2.29. The predicted octanol–water partition coefficient (Wildman–Crippen LogP) is 4.74. The molecular formula is C30H31F2N5O6. The zero-order chi connectivity index (χ0) is 30.7. The summed E-state index contributed by atoms with van der Waals surface area (Å²) < 4.78 is 52.8. The van der Waals surface area contributed by atoms with Crippen molar-refractivity contribution in [3.05, 3.63) is 65.4 Å². The fraction of sp³-hybridized carbons (Fsp3) is 0.333. The van der Waals surface area contributed by atoms with Crippen LogP contribution in [0.4, 0.5) is 8.78 Å². The summed E-state index contributed by atoms with van der Waals surface area (Å²) in [4.78, 5) is 22.0. The number of amidine groups is 2. The molecule has 0 bridgehead atoms. The molecule has 0 atom stereocenters. The van der Waals surface area contributed by atoms with Gasteiger partial charge in [0.1, 0.15) is 23.2 Å². The minimum absolute atomic E-state index is 0.114. The van der Waals surface area contributed by atoms with Crippen LogP contribution in [-0.2, 0) is 9.53 Å². The van der Waals surface area contributed by atoms with E-state index in [1.54, 1.807) is 18.2 Å².